The number of fused-ring (bicyclic) bond motifs is 2. The molecule has 0 fully saturated rings. The van der Waals surface area contributed by atoms with E-state index in [4.69, 9.17) is 11.5 Å². The highest BCUT2D eigenvalue weighted by Gasteiger charge is 2.25. The van der Waals surface area contributed by atoms with E-state index in [9.17, 15) is 4.79 Å². The van der Waals surface area contributed by atoms with Crippen molar-refractivity contribution in [3.8, 4) is 0 Å². The van der Waals surface area contributed by atoms with Gasteiger partial charge in [-0.25, -0.2) is 0 Å². The summed E-state index contributed by atoms with van der Waals surface area (Å²) < 4.78 is 0. The summed E-state index contributed by atoms with van der Waals surface area (Å²) in [5.41, 5.74) is 13.3. The molecular formula is C15H15N3OS. The Hall–Kier alpha value is -1.98. The van der Waals surface area contributed by atoms with Crippen LogP contribution in [0.4, 0.5) is 11.4 Å². The van der Waals surface area contributed by atoms with Crippen molar-refractivity contribution < 1.29 is 4.79 Å². The van der Waals surface area contributed by atoms with E-state index in [-0.39, 0.29) is 0 Å². The summed E-state index contributed by atoms with van der Waals surface area (Å²) in [5.74, 6) is -0.488. The Bertz CT molecular complexity index is 614. The van der Waals surface area contributed by atoms with Crippen LogP contribution < -0.4 is 16.4 Å². The van der Waals surface area contributed by atoms with E-state index in [0.29, 0.717) is 6.54 Å². The van der Waals surface area contributed by atoms with Crippen molar-refractivity contribution >= 4 is 29.0 Å². The van der Waals surface area contributed by atoms with E-state index in [2.05, 4.69) is 17.0 Å². The fraction of sp³-hybridized carbons (Fsp3) is 0.133. The lowest BCUT2D eigenvalue weighted by Gasteiger charge is -2.33. The molecule has 0 aromatic heterocycles. The summed E-state index contributed by atoms with van der Waals surface area (Å²) in [5, 5.41) is 0. The number of anilines is 2. The SMILES string of the molecule is NC(=O)C(N)CN1c2ccccc2Sc2ccccc21. The standard InChI is InChI=1S/C15H15N3OS/c16-10(15(17)19)9-18-11-5-1-3-7-13(11)20-14-8-4-2-6-12(14)18/h1-8,10H,9,16H2,(H2,17,19). The van der Waals surface area contributed by atoms with Gasteiger partial charge in [0, 0.05) is 16.3 Å². The van der Waals surface area contributed by atoms with Gasteiger partial charge >= 0.3 is 0 Å². The van der Waals surface area contributed by atoms with E-state index in [1.807, 2.05) is 36.4 Å². The molecule has 1 aliphatic heterocycles. The summed E-state index contributed by atoms with van der Waals surface area (Å²) in [4.78, 5) is 15.6. The molecule has 4 N–H and O–H groups in total. The number of nitrogens with two attached hydrogens (primary N) is 2. The van der Waals surface area contributed by atoms with E-state index in [1.54, 1.807) is 11.8 Å². The lowest BCUT2D eigenvalue weighted by atomic mass is 10.2. The minimum absolute atomic E-state index is 0.379. The molecule has 1 atom stereocenters. The van der Waals surface area contributed by atoms with Gasteiger partial charge in [0.05, 0.1) is 11.4 Å². The molecule has 2 aromatic rings. The Morgan fingerprint density at radius 2 is 1.55 bits per heavy atom. The van der Waals surface area contributed by atoms with Crippen LogP contribution in [0.15, 0.2) is 58.3 Å². The highest BCUT2D eigenvalue weighted by atomic mass is 32.2. The number of nitrogens with zero attached hydrogens (tertiary/aromatic N) is 1. The Morgan fingerprint density at radius 3 is 2.05 bits per heavy atom. The van der Waals surface area contributed by atoms with Gasteiger partial charge in [0.25, 0.3) is 0 Å². The summed E-state index contributed by atoms with van der Waals surface area (Å²) in [6.45, 7) is 0.379. The largest absolute Gasteiger partial charge is 0.368 e. The topological polar surface area (TPSA) is 72.3 Å². The van der Waals surface area contributed by atoms with Crippen molar-refractivity contribution in [1.82, 2.24) is 0 Å². The maximum absolute atomic E-state index is 11.3. The Balaban J connectivity index is 2.05. The molecule has 5 heteroatoms. The van der Waals surface area contributed by atoms with E-state index >= 15 is 0 Å². The van der Waals surface area contributed by atoms with Crippen LogP contribution in [0.1, 0.15) is 0 Å². The zero-order chi connectivity index (χ0) is 14.1. The van der Waals surface area contributed by atoms with Crippen LogP contribution in [0.5, 0.6) is 0 Å². The first kappa shape index (κ1) is 13.0. The second-order valence-corrected chi connectivity index (χ2v) is 5.74. The van der Waals surface area contributed by atoms with Gasteiger partial charge in [-0.05, 0) is 24.3 Å². The second kappa shape index (κ2) is 5.19. The molecule has 2 aromatic carbocycles. The quantitative estimate of drug-likeness (QED) is 0.906. The van der Waals surface area contributed by atoms with Crippen LogP contribution >= 0.6 is 11.8 Å². The highest BCUT2D eigenvalue weighted by molar-refractivity contribution is 7.99. The van der Waals surface area contributed by atoms with E-state index in [0.717, 1.165) is 21.2 Å². The number of carbonyl (C=O) groups excluding carboxylic acids is 1. The van der Waals surface area contributed by atoms with Gasteiger partial charge in [-0.1, -0.05) is 36.0 Å². The number of rotatable bonds is 3. The molecule has 3 rings (SSSR count). The molecule has 1 unspecified atom stereocenters. The average molecular weight is 285 g/mol. The molecule has 102 valence electrons. The summed E-state index contributed by atoms with van der Waals surface area (Å²) >= 11 is 1.72. The first-order chi connectivity index (χ1) is 9.66. The monoisotopic (exact) mass is 285 g/mol. The number of amides is 1. The molecule has 0 saturated carbocycles. The summed E-state index contributed by atoms with van der Waals surface area (Å²) in [7, 11) is 0. The minimum Gasteiger partial charge on any atom is -0.368 e. The molecule has 0 spiro atoms. The molecule has 20 heavy (non-hydrogen) atoms. The molecule has 0 radical (unpaired) electrons. The van der Waals surface area contributed by atoms with Gasteiger partial charge in [-0.3, -0.25) is 4.79 Å². The van der Waals surface area contributed by atoms with Gasteiger partial charge in [0.15, 0.2) is 0 Å². The van der Waals surface area contributed by atoms with Crippen molar-refractivity contribution in [3.05, 3.63) is 48.5 Å². The van der Waals surface area contributed by atoms with Crippen molar-refractivity contribution in [2.24, 2.45) is 11.5 Å². The van der Waals surface area contributed by atoms with Crippen molar-refractivity contribution in [1.29, 1.82) is 0 Å². The maximum atomic E-state index is 11.3. The molecular weight excluding hydrogens is 270 g/mol. The Labute approximate surface area is 121 Å². The molecule has 1 heterocycles. The third kappa shape index (κ3) is 2.26. The minimum atomic E-state index is -0.695. The molecule has 0 aliphatic carbocycles. The number of benzene rings is 2. The number of para-hydroxylation sites is 2. The molecule has 0 bridgehead atoms. The number of carbonyl (C=O) groups is 1. The van der Waals surface area contributed by atoms with Gasteiger partial charge in [0.1, 0.15) is 6.04 Å². The van der Waals surface area contributed by atoms with Crippen molar-refractivity contribution in [2.45, 2.75) is 15.8 Å². The Morgan fingerprint density at radius 1 is 1.05 bits per heavy atom. The third-order valence-corrected chi connectivity index (χ3v) is 4.41. The van der Waals surface area contributed by atoms with Crippen LogP contribution in [0.25, 0.3) is 0 Å². The number of hydrogen-bond donors (Lipinski definition) is 2. The summed E-state index contributed by atoms with van der Waals surface area (Å²) in [6, 6.07) is 15.5. The molecule has 1 amide bonds. The lowest BCUT2D eigenvalue weighted by molar-refractivity contribution is -0.119. The van der Waals surface area contributed by atoms with Gasteiger partial charge in [-0.2, -0.15) is 0 Å². The fourth-order valence-corrected chi connectivity index (χ4v) is 3.36. The van der Waals surface area contributed by atoms with Gasteiger partial charge in [-0.15, -0.1) is 0 Å². The van der Waals surface area contributed by atoms with Crippen LogP contribution in [-0.4, -0.2) is 18.5 Å². The van der Waals surface area contributed by atoms with Crippen LogP contribution in [0.2, 0.25) is 0 Å². The molecule has 4 nitrogen and oxygen atoms in total. The third-order valence-electron chi connectivity index (χ3n) is 3.28. The predicted molar refractivity (Wildman–Crippen MR) is 81.2 cm³/mol. The first-order valence-corrected chi connectivity index (χ1v) is 7.17. The normalized spacial score (nSPS) is 14.3. The summed E-state index contributed by atoms with van der Waals surface area (Å²) in [6.07, 6.45) is 0. The van der Waals surface area contributed by atoms with Crippen LogP contribution in [0, 0.1) is 0 Å². The van der Waals surface area contributed by atoms with Crippen LogP contribution in [0.3, 0.4) is 0 Å². The number of hydrogen-bond acceptors (Lipinski definition) is 4. The second-order valence-electron chi connectivity index (χ2n) is 4.66. The fourth-order valence-electron chi connectivity index (χ4n) is 2.26. The Kier molecular flexibility index (Phi) is 3.38. The zero-order valence-electron chi connectivity index (χ0n) is 10.8. The first-order valence-electron chi connectivity index (χ1n) is 6.35. The lowest BCUT2D eigenvalue weighted by Crippen LogP contribution is -2.45. The molecule has 1 aliphatic rings. The predicted octanol–water partition coefficient (Wildman–Crippen LogP) is 2.10. The van der Waals surface area contributed by atoms with Crippen LogP contribution in [-0.2, 0) is 4.79 Å². The van der Waals surface area contributed by atoms with Crippen molar-refractivity contribution in [3.63, 3.8) is 0 Å². The van der Waals surface area contributed by atoms with Crippen molar-refractivity contribution in [2.75, 3.05) is 11.4 Å². The van der Waals surface area contributed by atoms with Gasteiger partial charge < -0.3 is 16.4 Å². The average Bonchev–Trinajstić information content (AvgIpc) is 2.46. The highest BCUT2D eigenvalue weighted by Crippen LogP contribution is 2.47. The van der Waals surface area contributed by atoms with E-state index < -0.39 is 11.9 Å². The smallest absolute Gasteiger partial charge is 0.236 e. The zero-order valence-corrected chi connectivity index (χ0v) is 11.6. The molecule has 0 saturated heterocycles. The van der Waals surface area contributed by atoms with Gasteiger partial charge in [0.2, 0.25) is 5.91 Å². The van der Waals surface area contributed by atoms with E-state index in [1.165, 1.54) is 0 Å². The number of primary amides is 1. The maximum Gasteiger partial charge on any atom is 0.236 e.